The number of thioether (sulfide) groups is 1. The monoisotopic (exact) mass is 525 g/mol. The van der Waals surface area contributed by atoms with E-state index in [-0.39, 0.29) is 24.3 Å². The van der Waals surface area contributed by atoms with Gasteiger partial charge in [-0.25, -0.2) is 0 Å². The summed E-state index contributed by atoms with van der Waals surface area (Å²) in [5, 5.41) is 10.3. The number of nitrogens with zero attached hydrogens (tertiary/aromatic N) is 3. The highest BCUT2D eigenvalue weighted by molar-refractivity contribution is 8.02. The van der Waals surface area contributed by atoms with Crippen LogP contribution in [-0.4, -0.2) is 85.8 Å². The average Bonchev–Trinajstić information content (AvgIpc) is 3.45. The van der Waals surface area contributed by atoms with E-state index in [2.05, 4.69) is 20.1 Å². The van der Waals surface area contributed by atoms with Crippen LogP contribution in [-0.2, 0) is 20.9 Å². The van der Waals surface area contributed by atoms with E-state index in [1.54, 1.807) is 45.7 Å². The van der Waals surface area contributed by atoms with E-state index < -0.39 is 33.4 Å². The molecule has 3 heterocycles. The number of benzene rings is 1. The van der Waals surface area contributed by atoms with E-state index >= 15 is 0 Å². The summed E-state index contributed by atoms with van der Waals surface area (Å²) in [5.74, 6) is -1.53. The molecule has 2 bridgehead atoms. The second kappa shape index (κ2) is 10.7. The highest BCUT2D eigenvalue weighted by atomic mass is 32.2. The van der Waals surface area contributed by atoms with Crippen molar-refractivity contribution < 1.29 is 19.5 Å². The molecule has 37 heavy (non-hydrogen) atoms. The SMILES string of the molecule is C=CCN(C)C(=O)[C@H]1[C@H]2C(=O)N([C@@H](CC)CO)C(C(=O)N(CC=C)Cc3ccccc3)C23CC[C@]1(C)S3. The third-order valence-corrected chi connectivity index (χ3v) is 10.4. The number of aliphatic hydroxyl groups excluding tert-OH is 1. The Balaban J connectivity index is 1.79. The number of likely N-dealkylation sites (N-methyl/N-ethyl adjacent to an activating group) is 1. The van der Waals surface area contributed by atoms with Gasteiger partial charge in [0, 0.05) is 31.4 Å². The lowest BCUT2D eigenvalue weighted by Gasteiger charge is -2.39. The summed E-state index contributed by atoms with van der Waals surface area (Å²) in [7, 11) is 1.74. The third-order valence-electron chi connectivity index (χ3n) is 8.45. The van der Waals surface area contributed by atoms with Crippen LogP contribution in [0.5, 0.6) is 0 Å². The van der Waals surface area contributed by atoms with E-state index in [4.69, 9.17) is 0 Å². The molecule has 3 saturated heterocycles. The molecule has 8 heteroatoms. The van der Waals surface area contributed by atoms with Crippen molar-refractivity contribution in [2.75, 3.05) is 26.7 Å². The van der Waals surface area contributed by atoms with E-state index in [1.807, 2.05) is 37.3 Å². The van der Waals surface area contributed by atoms with Gasteiger partial charge in [-0.15, -0.1) is 24.9 Å². The summed E-state index contributed by atoms with van der Waals surface area (Å²) in [4.78, 5) is 47.4. The lowest BCUT2D eigenvalue weighted by atomic mass is 9.66. The van der Waals surface area contributed by atoms with Crippen LogP contribution in [0.25, 0.3) is 0 Å². The summed E-state index contributed by atoms with van der Waals surface area (Å²) in [6, 6.07) is 8.54. The maximum atomic E-state index is 14.5. The van der Waals surface area contributed by atoms with Gasteiger partial charge < -0.3 is 19.8 Å². The first-order valence-corrected chi connectivity index (χ1v) is 13.9. The molecule has 0 aromatic heterocycles. The number of likely N-dealkylation sites (tertiary alicyclic amines) is 1. The molecule has 6 atom stereocenters. The van der Waals surface area contributed by atoms with Gasteiger partial charge in [-0.2, -0.15) is 0 Å². The minimum Gasteiger partial charge on any atom is -0.394 e. The molecule has 200 valence electrons. The normalized spacial score (nSPS) is 30.6. The van der Waals surface area contributed by atoms with Gasteiger partial charge in [0.15, 0.2) is 0 Å². The smallest absolute Gasteiger partial charge is 0.247 e. The second-order valence-electron chi connectivity index (χ2n) is 10.7. The Hall–Kier alpha value is -2.58. The van der Waals surface area contributed by atoms with Crippen LogP contribution in [0, 0.1) is 11.8 Å². The number of rotatable bonds is 11. The molecular formula is C29H39N3O4S. The van der Waals surface area contributed by atoms with Crippen molar-refractivity contribution >= 4 is 29.5 Å². The molecule has 3 fully saturated rings. The van der Waals surface area contributed by atoms with Crippen molar-refractivity contribution in [3.05, 3.63) is 61.2 Å². The molecule has 4 rings (SSSR count). The number of carbonyl (C=O) groups excluding carboxylic acids is 3. The van der Waals surface area contributed by atoms with Crippen LogP contribution in [0.15, 0.2) is 55.6 Å². The molecule has 0 saturated carbocycles. The summed E-state index contributed by atoms with van der Waals surface area (Å²) in [6.45, 7) is 12.5. The molecule has 1 aromatic carbocycles. The molecule has 3 aliphatic rings. The minimum absolute atomic E-state index is 0.0767. The number of fused-ring (bicyclic) bond motifs is 1. The second-order valence-corrected chi connectivity index (χ2v) is 12.6. The average molecular weight is 526 g/mol. The Morgan fingerprint density at radius 1 is 1.19 bits per heavy atom. The van der Waals surface area contributed by atoms with Crippen molar-refractivity contribution in [2.45, 2.75) is 61.2 Å². The van der Waals surface area contributed by atoms with Crippen LogP contribution in [0.2, 0.25) is 0 Å². The van der Waals surface area contributed by atoms with Crippen LogP contribution in [0.3, 0.4) is 0 Å². The van der Waals surface area contributed by atoms with Crippen molar-refractivity contribution in [1.29, 1.82) is 0 Å². The number of amides is 3. The Labute approximate surface area is 224 Å². The summed E-state index contributed by atoms with van der Waals surface area (Å²) in [5.41, 5.74) is 0.992. The van der Waals surface area contributed by atoms with Gasteiger partial charge in [0.25, 0.3) is 0 Å². The molecule has 3 aliphatic heterocycles. The molecule has 1 spiro atoms. The van der Waals surface area contributed by atoms with E-state index in [1.165, 1.54) is 0 Å². The van der Waals surface area contributed by atoms with E-state index in [0.717, 1.165) is 12.0 Å². The Morgan fingerprint density at radius 3 is 2.46 bits per heavy atom. The van der Waals surface area contributed by atoms with Gasteiger partial charge in [0.2, 0.25) is 17.7 Å². The maximum Gasteiger partial charge on any atom is 0.247 e. The number of hydrogen-bond acceptors (Lipinski definition) is 5. The zero-order chi connectivity index (χ0) is 27.0. The van der Waals surface area contributed by atoms with Crippen molar-refractivity contribution in [2.24, 2.45) is 11.8 Å². The summed E-state index contributed by atoms with van der Waals surface area (Å²) < 4.78 is -1.14. The van der Waals surface area contributed by atoms with Gasteiger partial charge in [-0.3, -0.25) is 14.4 Å². The summed E-state index contributed by atoms with van der Waals surface area (Å²) in [6.07, 6.45) is 5.35. The summed E-state index contributed by atoms with van der Waals surface area (Å²) >= 11 is 1.66. The lowest BCUT2D eigenvalue weighted by Crippen LogP contribution is -2.57. The molecular weight excluding hydrogens is 486 g/mol. The molecule has 3 amide bonds. The maximum absolute atomic E-state index is 14.5. The largest absolute Gasteiger partial charge is 0.394 e. The molecule has 1 aromatic rings. The Morgan fingerprint density at radius 2 is 1.86 bits per heavy atom. The van der Waals surface area contributed by atoms with Gasteiger partial charge >= 0.3 is 0 Å². The molecule has 0 aliphatic carbocycles. The Kier molecular flexibility index (Phi) is 7.91. The van der Waals surface area contributed by atoms with Gasteiger partial charge in [0.05, 0.1) is 29.2 Å². The molecule has 2 unspecified atom stereocenters. The predicted molar refractivity (Wildman–Crippen MR) is 147 cm³/mol. The number of aliphatic hydroxyl groups is 1. The fourth-order valence-electron chi connectivity index (χ4n) is 6.71. The van der Waals surface area contributed by atoms with E-state index in [0.29, 0.717) is 32.5 Å². The van der Waals surface area contributed by atoms with Crippen molar-refractivity contribution in [1.82, 2.24) is 14.7 Å². The predicted octanol–water partition coefficient (Wildman–Crippen LogP) is 3.10. The topological polar surface area (TPSA) is 81.2 Å². The number of hydrogen-bond donors (Lipinski definition) is 1. The Bertz CT molecular complexity index is 1060. The van der Waals surface area contributed by atoms with Gasteiger partial charge in [-0.05, 0) is 31.7 Å². The zero-order valence-electron chi connectivity index (χ0n) is 22.1. The first-order valence-electron chi connectivity index (χ1n) is 13.1. The molecule has 7 nitrogen and oxygen atoms in total. The fourth-order valence-corrected chi connectivity index (χ4v) is 9.04. The van der Waals surface area contributed by atoms with Crippen LogP contribution in [0.4, 0.5) is 0 Å². The third kappa shape index (κ3) is 4.42. The van der Waals surface area contributed by atoms with Gasteiger partial charge in [-0.1, -0.05) is 49.4 Å². The standard InChI is InChI=1S/C29H39N3O4S/c1-6-16-30(5)25(34)22-23-26(35)32(21(8-3)19-33)24(29(23)15-14-28(22,4)37-29)27(36)31(17-7-2)18-20-12-10-9-11-13-20/h6-7,9-13,21-24,33H,1-2,8,14-19H2,3-5H3/t21-,22+,23-,24?,28-,29?/m0/s1. The van der Waals surface area contributed by atoms with Crippen LogP contribution >= 0.6 is 11.8 Å². The van der Waals surface area contributed by atoms with Gasteiger partial charge in [0.1, 0.15) is 6.04 Å². The van der Waals surface area contributed by atoms with Crippen LogP contribution in [0.1, 0.15) is 38.7 Å². The highest BCUT2D eigenvalue weighted by Gasteiger charge is 2.77. The first kappa shape index (κ1) is 27.5. The highest BCUT2D eigenvalue weighted by Crippen LogP contribution is 2.71. The number of carbonyl (C=O) groups is 3. The lowest BCUT2D eigenvalue weighted by molar-refractivity contribution is -0.147. The molecule has 1 N–H and O–H groups in total. The zero-order valence-corrected chi connectivity index (χ0v) is 23.0. The quantitative estimate of drug-likeness (QED) is 0.449. The first-order chi connectivity index (χ1) is 17.7. The van der Waals surface area contributed by atoms with Crippen molar-refractivity contribution in [3.63, 3.8) is 0 Å². The van der Waals surface area contributed by atoms with Crippen LogP contribution < -0.4 is 0 Å². The molecule has 0 radical (unpaired) electrons. The van der Waals surface area contributed by atoms with E-state index in [9.17, 15) is 19.5 Å². The van der Waals surface area contributed by atoms with Crippen molar-refractivity contribution in [3.8, 4) is 0 Å². The minimum atomic E-state index is -0.750. The fraction of sp³-hybridized carbons (Fsp3) is 0.552.